The predicted molar refractivity (Wildman–Crippen MR) is 128 cm³/mol. The van der Waals surface area contributed by atoms with Crippen LogP contribution >= 0.6 is 22.9 Å². The third-order valence-corrected chi connectivity index (χ3v) is 7.01. The summed E-state index contributed by atoms with van der Waals surface area (Å²) in [6.07, 6.45) is 4.58. The zero-order valence-electron chi connectivity index (χ0n) is 18.2. The lowest BCUT2D eigenvalue weighted by Gasteiger charge is -2.32. The molecule has 0 saturated carbocycles. The maximum absolute atomic E-state index is 13.4. The lowest BCUT2D eigenvalue weighted by molar-refractivity contribution is 0.0914. The highest BCUT2D eigenvalue weighted by Gasteiger charge is 2.22. The van der Waals surface area contributed by atoms with Crippen molar-refractivity contribution in [2.75, 3.05) is 25.0 Å². The van der Waals surface area contributed by atoms with Crippen LogP contribution in [0.15, 0.2) is 30.6 Å². The molecule has 2 N–H and O–H groups in total. The van der Waals surface area contributed by atoms with Crippen LogP contribution < -0.4 is 10.6 Å². The zero-order valence-corrected chi connectivity index (χ0v) is 19.8. The summed E-state index contributed by atoms with van der Waals surface area (Å²) >= 11 is 7.21. The number of nitrogens with one attached hydrogen (secondary N) is 2. The second-order valence-corrected chi connectivity index (χ2v) is 10.0. The summed E-state index contributed by atoms with van der Waals surface area (Å²) in [5.41, 5.74) is 0.609. The van der Waals surface area contributed by atoms with Gasteiger partial charge in [0.15, 0.2) is 0 Å². The fraction of sp³-hybridized carbons (Fsp3) is 0.435. The number of nitrogens with zero attached hydrogens (tertiary/aromatic N) is 3. The average Bonchev–Trinajstić information content (AvgIpc) is 3.21. The van der Waals surface area contributed by atoms with E-state index >= 15 is 0 Å². The lowest BCUT2D eigenvalue weighted by Crippen LogP contribution is -2.44. The number of hydrogen-bond acceptors (Lipinski definition) is 6. The summed E-state index contributed by atoms with van der Waals surface area (Å²) in [6.45, 7) is 7.66. The lowest BCUT2D eigenvalue weighted by atomic mass is 10.0. The number of carbonyl (C=O) groups excluding carboxylic acids is 1. The van der Waals surface area contributed by atoms with Gasteiger partial charge in [0.1, 0.15) is 22.8 Å². The molecule has 1 saturated heterocycles. The number of halogens is 2. The number of likely N-dealkylation sites (tertiary alicyclic amines) is 1. The van der Waals surface area contributed by atoms with Gasteiger partial charge < -0.3 is 15.5 Å². The van der Waals surface area contributed by atoms with Gasteiger partial charge in [-0.05, 0) is 56.0 Å². The number of amides is 1. The number of rotatable bonds is 7. The fourth-order valence-corrected chi connectivity index (χ4v) is 4.86. The molecular formula is C23H27ClFN5OS. The van der Waals surface area contributed by atoms with Crippen LogP contribution in [0.3, 0.4) is 0 Å². The quantitative estimate of drug-likeness (QED) is 0.474. The van der Waals surface area contributed by atoms with Gasteiger partial charge >= 0.3 is 0 Å². The minimum Gasteiger partial charge on any atom is -0.349 e. The molecule has 6 nitrogen and oxygen atoms in total. The van der Waals surface area contributed by atoms with Gasteiger partial charge in [0.25, 0.3) is 5.91 Å². The van der Waals surface area contributed by atoms with Crippen molar-refractivity contribution in [1.29, 1.82) is 0 Å². The highest BCUT2D eigenvalue weighted by molar-refractivity contribution is 7.20. The SMILES string of the molecule is CC(C)CCN1CCC(NC(=O)c2cc3c(Nc4ccc(F)c(Cl)c4)ncnc3s2)CC1. The Kier molecular flexibility index (Phi) is 7.23. The van der Waals surface area contributed by atoms with Gasteiger partial charge in [-0.25, -0.2) is 14.4 Å². The second kappa shape index (κ2) is 10.1. The summed E-state index contributed by atoms with van der Waals surface area (Å²) in [5, 5.41) is 7.09. The first-order valence-electron chi connectivity index (χ1n) is 10.9. The molecule has 1 aromatic carbocycles. The normalized spacial score (nSPS) is 15.4. The number of anilines is 2. The third-order valence-electron chi connectivity index (χ3n) is 5.68. The predicted octanol–water partition coefficient (Wildman–Crippen LogP) is 5.47. The number of fused-ring (bicyclic) bond motifs is 1. The van der Waals surface area contributed by atoms with Crippen molar-refractivity contribution in [3.05, 3.63) is 46.3 Å². The van der Waals surface area contributed by atoms with E-state index in [0.717, 1.165) is 37.9 Å². The standard InChI is InChI=1S/C23H27ClFN5OS/c1-14(2)5-8-30-9-6-15(7-10-30)29-22(31)20-12-17-21(26-13-27-23(17)32-20)28-16-3-4-19(25)18(24)11-16/h3-4,11-15H,5-10H2,1-2H3,(H,29,31)(H,26,27,28). The smallest absolute Gasteiger partial charge is 0.261 e. The first-order valence-corrected chi connectivity index (χ1v) is 12.1. The molecule has 9 heteroatoms. The molecule has 1 amide bonds. The molecule has 3 aromatic rings. The van der Waals surface area contributed by atoms with E-state index < -0.39 is 5.82 Å². The summed E-state index contributed by atoms with van der Waals surface area (Å²) in [6, 6.07) is 6.37. The van der Waals surface area contributed by atoms with Crippen LogP contribution in [0.1, 0.15) is 42.8 Å². The summed E-state index contributed by atoms with van der Waals surface area (Å²) in [7, 11) is 0. The Labute approximate surface area is 196 Å². The van der Waals surface area contributed by atoms with Crippen LogP contribution in [0.2, 0.25) is 5.02 Å². The summed E-state index contributed by atoms with van der Waals surface area (Å²) in [5.74, 6) is 0.698. The minimum absolute atomic E-state index is 0.0286. The number of benzene rings is 1. The highest BCUT2D eigenvalue weighted by Crippen LogP contribution is 2.31. The summed E-state index contributed by atoms with van der Waals surface area (Å²) in [4.78, 5) is 25.3. The van der Waals surface area contributed by atoms with Crippen molar-refractivity contribution in [2.24, 2.45) is 5.92 Å². The van der Waals surface area contributed by atoms with Crippen molar-refractivity contribution in [3.63, 3.8) is 0 Å². The molecule has 0 bridgehead atoms. The molecule has 0 aliphatic carbocycles. The molecule has 4 rings (SSSR count). The van der Waals surface area contributed by atoms with Crippen molar-refractivity contribution in [3.8, 4) is 0 Å². The van der Waals surface area contributed by atoms with Crippen LogP contribution in [0.4, 0.5) is 15.9 Å². The highest BCUT2D eigenvalue weighted by atomic mass is 35.5. The maximum Gasteiger partial charge on any atom is 0.261 e. The monoisotopic (exact) mass is 475 g/mol. The van der Waals surface area contributed by atoms with Crippen LogP contribution in [-0.2, 0) is 0 Å². The molecule has 3 heterocycles. The number of carbonyl (C=O) groups is 1. The van der Waals surface area contributed by atoms with E-state index in [-0.39, 0.29) is 17.0 Å². The molecule has 32 heavy (non-hydrogen) atoms. The van der Waals surface area contributed by atoms with Crippen LogP contribution in [0.25, 0.3) is 10.2 Å². The number of thiophene rings is 1. The topological polar surface area (TPSA) is 70.2 Å². The van der Waals surface area contributed by atoms with Crippen molar-refractivity contribution < 1.29 is 9.18 Å². The van der Waals surface area contributed by atoms with E-state index in [0.29, 0.717) is 27.1 Å². The molecule has 0 atom stereocenters. The number of aromatic nitrogens is 2. The summed E-state index contributed by atoms with van der Waals surface area (Å²) < 4.78 is 13.4. The first-order chi connectivity index (χ1) is 15.4. The first kappa shape index (κ1) is 22.9. The maximum atomic E-state index is 13.4. The zero-order chi connectivity index (χ0) is 22.7. The van der Waals surface area contributed by atoms with E-state index in [1.54, 1.807) is 12.1 Å². The average molecular weight is 476 g/mol. The largest absolute Gasteiger partial charge is 0.349 e. The Morgan fingerprint density at radius 2 is 2.06 bits per heavy atom. The van der Waals surface area contributed by atoms with Crippen molar-refractivity contribution in [1.82, 2.24) is 20.2 Å². The van der Waals surface area contributed by atoms with Crippen molar-refractivity contribution >= 4 is 50.6 Å². The van der Waals surface area contributed by atoms with Gasteiger partial charge in [0.2, 0.25) is 0 Å². The Bertz CT molecular complexity index is 1100. The molecule has 2 aromatic heterocycles. The van der Waals surface area contributed by atoms with E-state index in [1.165, 1.54) is 36.2 Å². The molecule has 0 radical (unpaired) electrons. The van der Waals surface area contributed by atoms with E-state index in [2.05, 4.69) is 39.3 Å². The van der Waals surface area contributed by atoms with Gasteiger partial charge in [-0.2, -0.15) is 0 Å². The van der Waals surface area contributed by atoms with Gasteiger partial charge in [0.05, 0.1) is 15.3 Å². The Morgan fingerprint density at radius 1 is 1.28 bits per heavy atom. The van der Waals surface area contributed by atoms with Crippen LogP contribution in [-0.4, -0.2) is 46.5 Å². The molecule has 0 spiro atoms. The van der Waals surface area contributed by atoms with E-state index in [1.807, 2.05) is 0 Å². The molecule has 170 valence electrons. The van der Waals surface area contributed by atoms with Crippen LogP contribution in [0, 0.1) is 11.7 Å². The van der Waals surface area contributed by atoms with Crippen LogP contribution in [0.5, 0.6) is 0 Å². The fourth-order valence-electron chi connectivity index (χ4n) is 3.78. The van der Waals surface area contributed by atoms with Gasteiger partial charge in [0, 0.05) is 24.8 Å². The molecule has 0 unspecified atom stereocenters. The molecule has 1 fully saturated rings. The van der Waals surface area contributed by atoms with Gasteiger partial charge in [-0.3, -0.25) is 4.79 Å². The molecule has 1 aliphatic heterocycles. The molecule has 1 aliphatic rings. The van der Waals surface area contributed by atoms with Crippen molar-refractivity contribution in [2.45, 2.75) is 39.2 Å². The Hall–Kier alpha value is -2.29. The van der Waals surface area contributed by atoms with E-state index in [4.69, 9.17) is 11.6 Å². The van der Waals surface area contributed by atoms with E-state index in [9.17, 15) is 9.18 Å². The Morgan fingerprint density at radius 3 is 2.78 bits per heavy atom. The second-order valence-electron chi connectivity index (χ2n) is 8.58. The minimum atomic E-state index is -0.481. The third kappa shape index (κ3) is 5.54. The number of piperidine rings is 1. The van der Waals surface area contributed by atoms with Gasteiger partial charge in [-0.15, -0.1) is 11.3 Å². The molecular weight excluding hydrogens is 449 g/mol. The number of hydrogen-bond donors (Lipinski definition) is 2. The van der Waals surface area contributed by atoms with Gasteiger partial charge in [-0.1, -0.05) is 25.4 Å². The Balaban J connectivity index is 1.41.